The molecular weight excluding hydrogens is 358 g/mol. The molecule has 0 saturated heterocycles. The zero-order valence-corrected chi connectivity index (χ0v) is 15.5. The number of imidazole rings is 1. The summed E-state index contributed by atoms with van der Waals surface area (Å²) in [5.41, 5.74) is 5.99. The van der Waals surface area contributed by atoms with Crippen LogP contribution in [0.2, 0.25) is 0 Å². The van der Waals surface area contributed by atoms with Crippen molar-refractivity contribution in [3.63, 3.8) is 0 Å². The number of urea groups is 1. The molecule has 3 rings (SSSR count). The lowest BCUT2D eigenvalue weighted by Gasteiger charge is -2.20. The van der Waals surface area contributed by atoms with E-state index in [0.717, 1.165) is 5.56 Å². The van der Waals surface area contributed by atoms with Crippen molar-refractivity contribution in [3.8, 4) is 5.75 Å². The summed E-state index contributed by atoms with van der Waals surface area (Å²) in [7, 11) is 3.42. The average Bonchev–Trinajstić information content (AvgIpc) is 3.16. The van der Waals surface area contributed by atoms with Crippen LogP contribution in [0.5, 0.6) is 5.75 Å². The fourth-order valence-corrected chi connectivity index (χ4v) is 2.72. The van der Waals surface area contributed by atoms with Crippen molar-refractivity contribution in [3.05, 3.63) is 83.9 Å². The van der Waals surface area contributed by atoms with Gasteiger partial charge >= 0.3 is 6.03 Å². The van der Waals surface area contributed by atoms with Gasteiger partial charge in [-0.25, -0.2) is 15.2 Å². The maximum Gasteiger partial charge on any atom is 0.334 e. The Bertz CT molecular complexity index is 955. The van der Waals surface area contributed by atoms with Crippen LogP contribution < -0.4 is 20.9 Å². The molecule has 2 aromatic carbocycles. The highest BCUT2D eigenvalue weighted by Crippen LogP contribution is 2.24. The third-order valence-electron chi connectivity index (χ3n) is 4.14. The van der Waals surface area contributed by atoms with E-state index in [1.165, 1.54) is 0 Å². The highest BCUT2D eigenvalue weighted by atomic mass is 16.5. The Balaban J connectivity index is 1.73. The Labute approximate surface area is 162 Å². The minimum absolute atomic E-state index is 0.411. The lowest BCUT2D eigenvalue weighted by Crippen LogP contribution is -2.48. The van der Waals surface area contributed by atoms with Crippen molar-refractivity contribution in [1.82, 2.24) is 25.7 Å². The van der Waals surface area contributed by atoms with E-state index in [9.17, 15) is 9.59 Å². The first-order chi connectivity index (χ1) is 13.6. The summed E-state index contributed by atoms with van der Waals surface area (Å²) in [6, 6.07) is 14.8. The van der Waals surface area contributed by atoms with Gasteiger partial charge < -0.3 is 14.6 Å². The van der Waals surface area contributed by atoms with E-state index in [1.807, 2.05) is 41.9 Å². The molecule has 0 fully saturated rings. The molecule has 0 spiro atoms. The van der Waals surface area contributed by atoms with Crippen molar-refractivity contribution < 1.29 is 14.3 Å². The van der Waals surface area contributed by atoms with Crippen LogP contribution in [0.4, 0.5) is 4.79 Å². The van der Waals surface area contributed by atoms with Gasteiger partial charge in [0.1, 0.15) is 17.6 Å². The molecule has 3 amide bonds. The topological polar surface area (TPSA) is 97.3 Å². The number of nitrogens with one attached hydrogen (secondary N) is 3. The number of aryl methyl sites for hydroxylation is 1. The molecule has 144 valence electrons. The van der Waals surface area contributed by atoms with E-state index in [1.54, 1.807) is 43.8 Å². The Kier molecular flexibility index (Phi) is 5.91. The average molecular weight is 379 g/mol. The first kappa shape index (κ1) is 19.0. The maximum atomic E-state index is 12.4. The highest BCUT2D eigenvalue weighted by Gasteiger charge is 2.21. The first-order valence-corrected chi connectivity index (χ1v) is 8.61. The van der Waals surface area contributed by atoms with Crippen LogP contribution in [0, 0.1) is 0 Å². The molecule has 8 heteroatoms. The first-order valence-electron chi connectivity index (χ1n) is 8.61. The lowest BCUT2D eigenvalue weighted by molar-refractivity contribution is 0.0936. The molecule has 3 aromatic rings. The van der Waals surface area contributed by atoms with Crippen molar-refractivity contribution in [2.75, 3.05) is 7.11 Å². The molecule has 0 saturated carbocycles. The Morgan fingerprint density at radius 1 is 1.07 bits per heavy atom. The fraction of sp³-hybridized carbons (Fsp3) is 0.150. The molecular formula is C20H21N5O3. The summed E-state index contributed by atoms with van der Waals surface area (Å²) >= 11 is 0. The monoisotopic (exact) mass is 379 g/mol. The number of hydrazine groups is 1. The third-order valence-corrected chi connectivity index (χ3v) is 4.14. The van der Waals surface area contributed by atoms with E-state index in [2.05, 4.69) is 21.2 Å². The number of amides is 3. The van der Waals surface area contributed by atoms with Crippen LogP contribution in [0.25, 0.3) is 0 Å². The van der Waals surface area contributed by atoms with Crippen LogP contribution in [0.3, 0.4) is 0 Å². The molecule has 0 aliphatic carbocycles. The zero-order valence-electron chi connectivity index (χ0n) is 15.5. The number of nitrogens with zero attached hydrogens (tertiary/aromatic N) is 2. The SMILES string of the molecule is COc1cccc([C@@H](NC(=O)NNC(=O)c2ccccc2)c2nccn2C)c1. The van der Waals surface area contributed by atoms with Gasteiger partial charge in [-0.05, 0) is 29.8 Å². The second-order valence-electron chi connectivity index (χ2n) is 6.02. The van der Waals surface area contributed by atoms with E-state index >= 15 is 0 Å². The van der Waals surface area contributed by atoms with Crippen molar-refractivity contribution in [1.29, 1.82) is 0 Å². The largest absolute Gasteiger partial charge is 0.497 e. The molecule has 1 heterocycles. The van der Waals surface area contributed by atoms with Gasteiger partial charge in [-0.3, -0.25) is 10.2 Å². The minimum atomic E-state index is -0.569. The molecule has 28 heavy (non-hydrogen) atoms. The number of hydrogen-bond acceptors (Lipinski definition) is 4. The van der Waals surface area contributed by atoms with Gasteiger partial charge in [-0.15, -0.1) is 0 Å². The van der Waals surface area contributed by atoms with E-state index in [0.29, 0.717) is 17.1 Å². The van der Waals surface area contributed by atoms with Gasteiger partial charge in [-0.1, -0.05) is 30.3 Å². The minimum Gasteiger partial charge on any atom is -0.497 e. The van der Waals surface area contributed by atoms with E-state index < -0.39 is 18.0 Å². The van der Waals surface area contributed by atoms with Gasteiger partial charge in [-0.2, -0.15) is 0 Å². The summed E-state index contributed by atoms with van der Waals surface area (Å²) in [4.78, 5) is 28.8. The molecule has 1 atom stereocenters. The molecule has 0 radical (unpaired) electrons. The second kappa shape index (κ2) is 8.72. The van der Waals surface area contributed by atoms with Crippen LogP contribution in [0.1, 0.15) is 27.8 Å². The lowest BCUT2D eigenvalue weighted by atomic mass is 10.1. The van der Waals surface area contributed by atoms with Crippen LogP contribution in [0.15, 0.2) is 67.0 Å². The van der Waals surface area contributed by atoms with Gasteiger partial charge in [0.25, 0.3) is 5.91 Å². The molecule has 1 aromatic heterocycles. The van der Waals surface area contributed by atoms with Gasteiger partial charge in [0.2, 0.25) is 0 Å². The number of hydrogen-bond donors (Lipinski definition) is 3. The van der Waals surface area contributed by atoms with Crippen molar-refractivity contribution >= 4 is 11.9 Å². The second-order valence-corrected chi connectivity index (χ2v) is 6.02. The molecule has 3 N–H and O–H groups in total. The molecule has 0 bridgehead atoms. The Morgan fingerprint density at radius 2 is 1.86 bits per heavy atom. The molecule has 0 aliphatic heterocycles. The Hall–Kier alpha value is -3.81. The Morgan fingerprint density at radius 3 is 2.54 bits per heavy atom. The predicted octanol–water partition coefficient (Wildman–Crippen LogP) is 2.16. The number of rotatable bonds is 5. The number of methoxy groups -OCH3 is 1. The number of aromatic nitrogens is 2. The summed E-state index contributed by atoms with van der Waals surface area (Å²) in [6.45, 7) is 0. The number of ether oxygens (including phenoxy) is 1. The summed E-state index contributed by atoms with van der Waals surface area (Å²) < 4.78 is 7.09. The molecule has 0 aliphatic rings. The summed E-state index contributed by atoms with van der Waals surface area (Å²) in [5, 5.41) is 2.83. The normalized spacial score (nSPS) is 11.4. The third kappa shape index (κ3) is 4.47. The number of benzene rings is 2. The van der Waals surface area contributed by atoms with Crippen LogP contribution >= 0.6 is 0 Å². The highest BCUT2D eigenvalue weighted by molar-refractivity contribution is 5.95. The van der Waals surface area contributed by atoms with Gasteiger partial charge in [0.05, 0.1) is 7.11 Å². The smallest absolute Gasteiger partial charge is 0.334 e. The summed E-state index contributed by atoms with van der Waals surface area (Å²) in [5.74, 6) is 0.889. The van der Waals surface area contributed by atoms with Gasteiger partial charge in [0, 0.05) is 25.0 Å². The molecule has 0 unspecified atom stereocenters. The van der Waals surface area contributed by atoms with Crippen LogP contribution in [-0.4, -0.2) is 28.6 Å². The molecule has 8 nitrogen and oxygen atoms in total. The van der Waals surface area contributed by atoms with Crippen LogP contribution in [-0.2, 0) is 7.05 Å². The fourth-order valence-electron chi connectivity index (χ4n) is 2.72. The van der Waals surface area contributed by atoms with E-state index in [-0.39, 0.29) is 0 Å². The number of carbonyl (C=O) groups excluding carboxylic acids is 2. The van der Waals surface area contributed by atoms with E-state index in [4.69, 9.17) is 4.74 Å². The quantitative estimate of drug-likeness (QED) is 0.592. The van der Waals surface area contributed by atoms with Crippen molar-refractivity contribution in [2.24, 2.45) is 7.05 Å². The standard InChI is InChI=1S/C20H21N5O3/c1-25-12-11-21-18(25)17(15-9-6-10-16(13-15)28-2)22-20(27)24-23-19(26)14-7-4-3-5-8-14/h3-13,17H,1-2H3,(H,23,26)(H2,22,24,27)/t17-/m1/s1. The van der Waals surface area contributed by atoms with Crippen molar-refractivity contribution in [2.45, 2.75) is 6.04 Å². The number of carbonyl (C=O) groups is 2. The summed E-state index contributed by atoms with van der Waals surface area (Å²) in [6.07, 6.45) is 3.44. The maximum absolute atomic E-state index is 12.4. The van der Waals surface area contributed by atoms with Gasteiger partial charge in [0.15, 0.2) is 0 Å². The zero-order chi connectivity index (χ0) is 19.9. The predicted molar refractivity (Wildman–Crippen MR) is 104 cm³/mol.